The molecule has 0 aliphatic carbocycles. The maximum absolute atomic E-state index is 6.14. The van der Waals surface area contributed by atoms with Crippen LogP contribution in [-0.2, 0) is 5.75 Å². The molecule has 8 heteroatoms. The summed E-state index contributed by atoms with van der Waals surface area (Å²) in [6.45, 7) is 2.01. The van der Waals surface area contributed by atoms with Gasteiger partial charge in [0.15, 0.2) is 5.82 Å². The van der Waals surface area contributed by atoms with Crippen LogP contribution in [0, 0.1) is 0 Å². The van der Waals surface area contributed by atoms with Gasteiger partial charge in [0, 0.05) is 10.8 Å². The molecule has 1 aromatic carbocycles. The van der Waals surface area contributed by atoms with Crippen molar-refractivity contribution in [2.24, 2.45) is 0 Å². The van der Waals surface area contributed by atoms with Crippen LogP contribution in [0.25, 0.3) is 11.6 Å². The highest BCUT2D eigenvalue weighted by molar-refractivity contribution is 7.98. The SMILES string of the molecule is C[C@@H](SCc1ccccc1Cl)c1nc(-c2ncn[nH]2)no1. The van der Waals surface area contributed by atoms with Gasteiger partial charge in [-0.25, -0.2) is 4.98 Å². The predicted octanol–water partition coefficient (Wildman–Crippen LogP) is 3.50. The van der Waals surface area contributed by atoms with E-state index in [-0.39, 0.29) is 5.25 Å². The Hall–Kier alpha value is -1.86. The fourth-order valence-electron chi connectivity index (χ4n) is 1.71. The van der Waals surface area contributed by atoms with Crippen molar-refractivity contribution < 1.29 is 4.52 Å². The minimum absolute atomic E-state index is 0.0606. The smallest absolute Gasteiger partial charge is 0.239 e. The number of aromatic amines is 1. The predicted molar refractivity (Wildman–Crippen MR) is 80.8 cm³/mol. The average Bonchev–Trinajstić information content (AvgIpc) is 3.16. The molecule has 21 heavy (non-hydrogen) atoms. The molecule has 1 N–H and O–H groups in total. The van der Waals surface area contributed by atoms with E-state index >= 15 is 0 Å². The van der Waals surface area contributed by atoms with Crippen molar-refractivity contribution in [2.75, 3.05) is 0 Å². The number of hydrogen-bond acceptors (Lipinski definition) is 6. The molecule has 1 atom stereocenters. The van der Waals surface area contributed by atoms with Gasteiger partial charge in [0.05, 0.1) is 5.25 Å². The molecule has 0 aliphatic heterocycles. The average molecular weight is 322 g/mol. The molecular weight excluding hydrogens is 310 g/mol. The zero-order valence-electron chi connectivity index (χ0n) is 11.2. The van der Waals surface area contributed by atoms with Crippen LogP contribution in [0.4, 0.5) is 0 Å². The fraction of sp³-hybridized carbons (Fsp3) is 0.231. The summed E-state index contributed by atoms with van der Waals surface area (Å²) in [6.07, 6.45) is 1.40. The van der Waals surface area contributed by atoms with Crippen molar-refractivity contribution in [3.63, 3.8) is 0 Å². The number of H-pyrrole nitrogens is 1. The van der Waals surface area contributed by atoms with E-state index < -0.39 is 0 Å². The van der Waals surface area contributed by atoms with Crippen LogP contribution in [-0.4, -0.2) is 25.3 Å². The first-order valence-corrected chi connectivity index (χ1v) is 7.71. The second kappa shape index (κ2) is 6.28. The Balaban J connectivity index is 1.66. The summed E-state index contributed by atoms with van der Waals surface area (Å²) >= 11 is 7.82. The first kappa shape index (κ1) is 14.1. The van der Waals surface area contributed by atoms with Crippen molar-refractivity contribution in [1.29, 1.82) is 0 Å². The van der Waals surface area contributed by atoms with E-state index in [2.05, 4.69) is 25.3 Å². The van der Waals surface area contributed by atoms with Crippen LogP contribution in [0.5, 0.6) is 0 Å². The summed E-state index contributed by atoms with van der Waals surface area (Å²) in [6, 6.07) is 7.79. The van der Waals surface area contributed by atoms with E-state index in [0.29, 0.717) is 17.5 Å². The van der Waals surface area contributed by atoms with E-state index in [9.17, 15) is 0 Å². The quantitative estimate of drug-likeness (QED) is 0.774. The Labute approximate surface area is 130 Å². The number of benzene rings is 1. The Morgan fingerprint density at radius 3 is 3.00 bits per heavy atom. The van der Waals surface area contributed by atoms with Gasteiger partial charge in [-0.2, -0.15) is 10.1 Å². The highest BCUT2D eigenvalue weighted by atomic mass is 35.5. The molecule has 0 spiro atoms. The standard InChI is InChI=1S/C13H12ClN5OS/c1-8(21-6-9-4-2-3-5-10(9)14)13-17-12(19-20-13)11-15-7-16-18-11/h2-5,7-8H,6H2,1H3,(H,15,16,18)/t8-/m1/s1. The van der Waals surface area contributed by atoms with E-state index in [1.807, 2.05) is 31.2 Å². The van der Waals surface area contributed by atoms with E-state index in [1.54, 1.807) is 11.8 Å². The first-order valence-electron chi connectivity index (χ1n) is 6.28. The lowest BCUT2D eigenvalue weighted by atomic mass is 10.2. The minimum Gasteiger partial charge on any atom is -0.338 e. The van der Waals surface area contributed by atoms with Crippen molar-refractivity contribution in [3.05, 3.63) is 47.1 Å². The Morgan fingerprint density at radius 2 is 2.24 bits per heavy atom. The number of rotatable bonds is 5. The fourth-order valence-corrected chi connectivity index (χ4v) is 2.91. The van der Waals surface area contributed by atoms with Crippen molar-refractivity contribution in [3.8, 4) is 11.6 Å². The van der Waals surface area contributed by atoms with Gasteiger partial charge in [-0.05, 0) is 18.6 Å². The highest BCUT2D eigenvalue weighted by Crippen LogP contribution is 2.32. The zero-order valence-corrected chi connectivity index (χ0v) is 12.7. The number of nitrogens with zero attached hydrogens (tertiary/aromatic N) is 4. The van der Waals surface area contributed by atoms with Gasteiger partial charge in [-0.3, -0.25) is 5.10 Å². The van der Waals surface area contributed by atoms with Crippen LogP contribution >= 0.6 is 23.4 Å². The van der Waals surface area contributed by atoms with Crippen molar-refractivity contribution >= 4 is 23.4 Å². The third kappa shape index (κ3) is 3.25. The van der Waals surface area contributed by atoms with Crippen LogP contribution in [0.3, 0.4) is 0 Å². The molecule has 0 amide bonds. The molecule has 2 heterocycles. The van der Waals surface area contributed by atoms with E-state index in [4.69, 9.17) is 16.1 Å². The Kier molecular flexibility index (Phi) is 4.21. The maximum atomic E-state index is 6.14. The zero-order chi connectivity index (χ0) is 14.7. The third-order valence-corrected chi connectivity index (χ3v) is 4.41. The number of nitrogens with one attached hydrogen (secondary N) is 1. The number of hydrogen-bond donors (Lipinski definition) is 1. The summed E-state index contributed by atoms with van der Waals surface area (Å²) in [5, 5.41) is 11.2. The lowest BCUT2D eigenvalue weighted by Gasteiger charge is -2.07. The third-order valence-electron chi connectivity index (χ3n) is 2.86. The second-order valence-corrected chi connectivity index (χ2v) is 6.07. The highest BCUT2D eigenvalue weighted by Gasteiger charge is 2.17. The van der Waals surface area contributed by atoms with Gasteiger partial charge in [0.25, 0.3) is 0 Å². The number of aromatic nitrogens is 5. The van der Waals surface area contributed by atoms with Crippen LogP contribution in [0.1, 0.15) is 23.6 Å². The van der Waals surface area contributed by atoms with Crippen LogP contribution in [0.15, 0.2) is 35.1 Å². The monoisotopic (exact) mass is 321 g/mol. The van der Waals surface area contributed by atoms with E-state index in [0.717, 1.165) is 16.3 Å². The van der Waals surface area contributed by atoms with Crippen LogP contribution < -0.4 is 0 Å². The van der Waals surface area contributed by atoms with Gasteiger partial charge in [0.2, 0.25) is 11.7 Å². The molecule has 0 radical (unpaired) electrons. The molecule has 0 aliphatic rings. The number of halogens is 1. The summed E-state index contributed by atoms with van der Waals surface area (Å²) in [5.41, 5.74) is 1.09. The molecule has 0 fully saturated rings. The summed E-state index contributed by atoms with van der Waals surface area (Å²) in [4.78, 5) is 8.31. The molecular formula is C13H12ClN5OS. The van der Waals surface area contributed by atoms with Crippen LogP contribution in [0.2, 0.25) is 5.02 Å². The van der Waals surface area contributed by atoms with Gasteiger partial charge in [-0.15, -0.1) is 11.8 Å². The second-order valence-electron chi connectivity index (χ2n) is 4.33. The Bertz CT molecular complexity index is 715. The van der Waals surface area contributed by atoms with Crippen molar-refractivity contribution in [1.82, 2.24) is 25.3 Å². The molecule has 0 bridgehead atoms. The molecule has 108 valence electrons. The number of thioether (sulfide) groups is 1. The van der Waals surface area contributed by atoms with Gasteiger partial charge in [0.1, 0.15) is 6.33 Å². The summed E-state index contributed by atoms with van der Waals surface area (Å²) in [5.74, 6) is 2.24. The Morgan fingerprint density at radius 1 is 1.38 bits per heavy atom. The molecule has 2 aromatic heterocycles. The molecule has 3 rings (SSSR count). The molecule has 0 saturated heterocycles. The molecule has 3 aromatic rings. The largest absolute Gasteiger partial charge is 0.338 e. The topological polar surface area (TPSA) is 80.5 Å². The van der Waals surface area contributed by atoms with Crippen molar-refractivity contribution in [2.45, 2.75) is 17.9 Å². The normalized spacial score (nSPS) is 12.5. The maximum Gasteiger partial charge on any atom is 0.239 e. The van der Waals surface area contributed by atoms with Gasteiger partial charge in [-0.1, -0.05) is 35.0 Å². The molecule has 0 unspecified atom stereocenters. The summed E-state index contributed by atoms with van der Waals surface area (Å²) in [7, 11) is 0. The van der Waals surface area contributed by atoms with Gasteiger partial charge < -0.3 is 4.52 Å². The first-order chi connectivity index (χ1) is 10.2. The van der Waals surface area contributed by atoms with E-state index in [1.165, 1.54) is 6.33 Å². The van der Waals surface area contributed by atoms with Gasteiger partial charge >= 0.3 is 0 Å². The lowest BCUT2D eigenvalue weighted by Crippen LogP contribution is -1.91. The lowest BCUT2D eigenvalue weighted by molar-refractivity contribution is 0.380. The summed E-state index contributed by atoms with van der Waals surface area (Å²) < 4.78 is 5.27. The molecule has 6 nitrogen and oxygen atoms in total. The molecule has 0 saturated carbocycles. The minimum atomic E-state index is 0.0606.